The van der Waals surface area contributed by atoms with E-state index in [-0.39, 0.29) is 17.9 Å². The van der Waals surface area contributed by atoms with Crippen LogP contribution in [-0.2, 0) is 12.0 Å². The van der Waals surface area contributed by atoms with Gasteiger partial charge in [-0.05, 0) is 31.6 Å². The first kappa shape index (κ1) is 11.9. The molecule has 0 radical (unpaired) electrons. The van der Waals surface area contributed by atoms with E-state index in [1.54, 1.807) is 0 Å². The number of halogens is 1. The molecule has 1 heterocycles. The number of hydrogen-bond donors (Lipinski definition) is 1. The second kappa shape index (κ2) is 4.34. The minimum atomic E-state index is -0.276. The Morgan fingerprint density at radius 2 is 2.12 bits per heavy atom. The Labute approximate surface area is 101 Å². The molecule has 0 aliphatic heterocycles. The third kappa shape index (κ3) is 2.23. The molecule has 2 aliphatic carbocycles. The summed E-state index contributed by atoms with van der Waals surface area (Å²) in [7, 11) is 0. The first-order valence-electron chi connectivity index (χ1n) is 5.88. The highest BCUT2D eigenvalue weighted by atomic mass is 35.5. The summed E-state index contributed by atoms with van der Waals surface area (Å²) in [5.74, 6) is 2.41. The van der Waals surface area contributed by atoms with Gasteiger partial charge in [-0.1, -0.05) is 18.0 Å². The van der Waals surface area contributed by atoms with Gasteiger partial charge < -0.3 is 10.3 Å². The van der Waals surface area contributed by atoms with Gasteiger partial charge in [0.1, 0.15) is 0 Å². The normalized spacial score (nSPS) is 22.3. The number of nitrogens with two attached hydrogens (primary N) is 1. The van der Waals surface area contributed by atoms with Gasteiger partial charge in [-0.2, -0.15) is 4.98 Å². The van der Waals surface area contributed by atoms with Crippen LogP contribution in [0, 0.1) is 5.92 Å². The third-order valence-electron chi connectivity index (χ3n) is 3.62. The average molecular weight is 244 g/mol. The zero-order chi connectivity index (χ0) is 10.3. The fraction of sp³-hybridized carbons (Fsp3) is 0.818. The lowest BCUT2D eigenvalue weighted by Gasteiger charge is -2.34. The molecule has 4 nitrogen and oxygen atoms in total. The van der Waals surface area contributed by atoms with E-state index < -0.39 is 0 Å². The van der Waals surface area contributed by atoms with Crippen LogP contribution in [0.25, 0.3) is 0 Å². The first-order valence-corrected chi connectivity index (χ1v) is 5.88. The number of hydrogen-bond acceptors (Lipinski definition) is 4. The van der Waals surface area contributed by atoms with Crippen molar-refractivity contribution in [3.63, 3.8) is 0 Å². The maximum atomic E-state index is 6.12. The van der Waals surface area contributed by atoms with Crippen LogP contribution in [0.1, 0.15) is 50.2 Å². The van der Waals surface area contributed by atoms with Crippen LogP contribution in [0.5, 0.6) is 0 Å². The summed E-state index contributed by atoms with van der Waals surface area (Å²) in [6, 6.07) is 0. The predicted octanol–water partition coefficient (Wildman–Crippen LogP) is 2.17. The van der Waals surface area contributed by atoms with Crippen molar-refractivity contribution in [1.29, 1.82) is 0 Å². The van der Waals surface area contributed by atoms with Gasteiger partial charge in [-0.25, -0.2) is 0 Å². The molecule has 0 spiro atoms. The van der Waals surface area contributed by atoms with Gasteiger partial charge in [0, 0.05) is 6.42 Å². The molecule has 0 aromatic carbocycles. The average Bonchev–Trinajstić information content (AvgIpc) is 2.90. The van der Waals surface area contributed by atoms with Gasteiger partial charge in [-0.3, -0.25) is 0 Å². The van der Waals surface area contributed by atoms with E-state index in [2.05, 4.69) is 10.1 Å². The molecule has 3 rings (SSSR count). The maximum Gasteiger partial charge on any atom is 0.226 e. The van der Waals surface area contributed by atoms with E-state index in [4.69, 9.17) is 10.3 Å². The molecule has 16 heavy (non-hydrogen) atoms. The summed E-state index contributed by atoms with van der Waals surface area (Å²) in [5, 5.41) is 4.00. The van der Waals surface area contributed by atoms with Crippen molar-refractivity contribution >= 4 is 12.4 Å². The monoisotopic (exact) mass is 243 g/mol. The van der Waals surface area contributed by atoms with E-state index in [1.807, 2.05) is 0 Å². The zero-order valence-electron chi connectivity index (χ0n) is 9.32. The standard InChI is InChI=1S/C11H17N3O.ClH/c12-11(6-1-7-11)10-13-9(15-14-10)5-4-8-2-3-8;/h8H,1-7,12H2;1H. The molecule has 2 saturated carbocycles. The lowest BCUT2D eigenvalue weighted by molar-refractivity contribution is 0.229. The molecule has 2 N–H and O–H groups in total. The van der Waals surface area contributed by atoms with Gasteiger partial charge in [0.05, 0.1) is 5.54 Å². The number of nitrogens with zero attached hydrogens (tertiary/aromatic N) is 2. The van der Waals surface area contributed by atoms with Gasteiger partial charge in [0.15, 0.2) is 5.82 Å². The fourth-order valence-electron chi connectivity index (χ4n) is 2.07. The minimum Gasteiger partial charge on any atom is -0.339 e. The molecule has 1 aromatic rings. The van der Waals surface area contributed by atoms with Crippen molar-refractivity contribution in [1.82, 2.24) is 10.1 Å². The largest absolute Gasteiger partial charge is 0.339 e. The molecule has 0 bridgehead atoms. The zero-order valence-corrected chi connectivity index (χ0v) is 10.1. The van der Waals surface area contributed by atoms with Gasteiger partial charge in [0.25, 0.3) is 0 Å². The molecule has 2 fully saturated rings. The molecule has 0 saturated heterocycles. The predicted molar refractivity (Wildman–Crippen MR) is 62.3 cm³/mol. The molecule has 0 unspecified atom stereocenters. The Hall–Kier alpha value is -0.610. The summed E-state index contributed by atoms with van der Waals surface area (Å²) in [6.45, 7) is 0. The van der Waals surface area contributed by atoms with Crippen LogP contribution in [0.4, 0.5) is 0 Å². The summed E-state index contributed by atoms with van der Waals surface area (Å²) < 4.78 is 5.22. The Bertz CT molecular complexity index is 358. The van der Waals surface area contributed by atoms with Crippen LogP contribution < -0.4 is 5.73 Å². The fourth-order valence-corrected chi connectivity index (χ4v) is 2.07. The van der Waals surface area contributed by atoms with E-state index in [0.29, 0.717) is 0 Å². The van der Waals surface area contributed by atoms with Gasteiger partial charge >= 0.3 is 0 Å². The van der Waals surface area contributed by atoms with Crippen molar-refractivity contribution in [3.8, 4) is 0 Å². The minimum absolute atomic E-state index is 0. The second-order valence-corrected chi connectivity index (χ2v) is 5.00. The number of aryl methyl sites for hydroxylation is 1. The van der Waals surface area contributed by atoms with Crippen molar-refractivity contribution in [2.24, 2.45) is 11.7 Å². The van der Waals surface area contributed by atoms with Gasteiger partial charge in [0.2, 0.25) is 5.89 Å². The van der Waals surface area contributed by atoms with Crippen LogP contribution in [-0.4, -0.2) is 10.1 Å². The Morgan fingerprint density at radius 1 is 1.38 bits per heavy atom. The van der Waals surface area contributed by atoms with Crippen molar-refractivity contribution in [3.05, 3.63) is 11.7 Å². The molecule has 0 amide bonds. The summed E-state index contributed by atoms with van der Waals surface area (Å²) in [4.78, 5) is 4.40. The van der Waals surface area contributed by atoms with E-state index >= 15 is 0 Å². The van der Waals surface area contributed by atoms with E-state index in [9.17, 15) is 0 Å². The molecule has 5 heteroatoms. The Morgan fingerprint density at radius 3 is 2.69 bits per heavy atom. The summed E-state index contributed by atoms with van der Waals surface area (Å²) in [6.07, 6.45) is 8.04. The summed E-state index contributed by atoms with van der Waals surface area (Å²) in [5.41, 5.74) is 5.84. The highest BCUT2D eigenvalue weighted by Crippen LogP contribution is 2.37. The van der Waals surface area contributed by atoms with Crippen molar-refractivity contribution < 1.29 is 4.52 Å². The first-order chi connectivity index (χ1) is 7.26. The van der Waals surface area contributed by atoms with Crippen molar-refractivity contribution in [2.75, 3.05) is 0 Å². The maximum absolute atomic E-state index is 6.12. The molecule has 2 aliphatic rings. The second-order valence-electron chi connectivity index (χ2n) is 5.00. The van der Waals surface area contributed by atoms with Crippen LogP contribution >= 0.6 is 12.4 Å². The smallest absolute Gasteiger partial charge is 0.226 e. The quantitative estimate of drug-likeness (QED) is 0.880. The number of aromatic nitrogens is 2. The highest BCUT2D eigenvalue weighted by Gasteiger charge is 2.39. The van der Waals surface area contributed by atoms with E-state index in [1.165, 1.54) is 25.7 Å². The molecular weight excluding hydrogens is 226 g/mol. The van der Waals surface area contributed by atoms with Crippen LogP contribution in [0.3, 0.4) is 0 Å². The van der Waals surface area contributed by atoms with Crippen LogP contribution in [0.15, 0.2) is 4.52 Å². The van der Waals surface area contributed by atoms with E-state index in [0.717, 1.165) is 36.9 Å². The van der Waals surface area contributed by atoms with Crippen molar-refractivity contribution in [2.45, 2.75) is 50.5 Å². The molecule has 1 aromatic heterocycles. The summed E-state index contributed by atoms with van der Waals surface area (Å²) >= 11 is 0. The molecule has 0 atom stereocenters. The Balaban J connectivity index is 0.000000963. The topological polar surface area (TPSA) is 64.9 Å². The van der Waals surface area contributed by atoms with Gasteiger partial charge in [-0.15, -0.1) is 12.4 Å². The Kier molecular flexibility index (Phi) is 3.22. The number of rotatable bonds is 4. The lowest BCUT2D eigenvalue weighted by Crippen LogP contribution is -2.44. The molecule has 90 valence electrons. The highest BCUT2D eigenvalue weighted by molar-refractivity contribution is 5.85. The SMILES string of the molecule is Cl.NC1(c2noc(CCC3CC3)n2)CCC1. The molecular formula is C11H18ClN3O. The van der Waals surface area contributed by atoms with Crippen LogP contribution in [0.2, 0.25) is 0 Å². The lowest BCUT2D eigenvalue weighted by atomic mass is 9.77. The third-order valence-corrected chi connectivity index (χ3v) is 3.62.